The minimum Gasteiger partial charge on any atom is -0.332 e. The van der Waals surface area contributed by atoms with E-state index in [1.807, 2.05) is 0 Å². The number of aromatic nitrogens is 2. The van der Waals surface area contributed by atoms with E-state index in [2.05, 4.69) is 35.5 Å². The lowest BCUT2D eigenvalue weighted by Gasteiger charge is -2.37. The molecule has 2 N–H and O–H groups in total. The fourth-order valence-electron chi connectivity index (χ4n) is 3.14. The average Bonchev–Trinajstić information content (AvgIpc) is 2.75. The van der Waals surface area contributed by atoms with Gasteiger partial charge in [0.05, 0.1) is 6.20 Å². The van der Waals surface area contributed by atoms with Gasteiger partial charge in [-0.1, -0.05) is 27.2 Å². The number of imidazole rings is 1. The Morgan fingerprint density at radius 2 is 2.10 bits per heavy atom. The van der Waals surface area contributed by atoms with Crippen LogP contribution in [0, 0.1) is 24.7 Å². The van der Waals surface area contributed by atoms with Crippen molar-refractivity contribution < 1.29 is 8.42 Å². The zero-order valence-corrected chi connectivity index (χ0v) is 13.5. The number of nitrogens with one attached hydrogen (secondary N) is 2. The molecule has 0 radical (unpaired) electrons. The highest BCUT2D eigenvalue weighted by Gasteiger charge is 2.34. The van der Waals surface area contributed by atoms with Crippen LogP contribution in [0.1, 0.15) is 45.9 Å². The van der Waals surface area contributed by atoms with Crippen molar-refractivity contribution in [3.63, 3.8) is 0 Å². The molecule has 5 nitrogen and oxygen atoms in total. The van der Waals surface area contributed by atoms with Crippen LogP contribution < -0.4 is 4.72 Å². The van der Waals surface area contributed by atoms with Crippen molar-refractivity contribution in [2.45, 2.75) is 58.0 Å². The molecule has 0 aliphatic heterocycles. The van der Waals surface area contributed by atoms with Crippen LogP contribution in [0.2, 0.25) is 0 Å². The first-order valence-electron chi connectivity index (χ1n) is 7.33. The summed E-state index contributed by atoms with van der Waals surface area (Å²) in [6, 6.07) is 0.0207. The van der Waals surface area contributed by atoms with Gasteiger partial charge in [0.15, 0.2) is 5.03 Å². The predicted molar refractivity (Wildman–Crippen MR) is 78.8 cm³/mol. The summed E-state index contributed by atoms with van der Waals surface area (Å²) in [6.07, 6.45) is 4.57. The van der Waals surface area contributed by atoms with Gasteiger partial charge >= 0.3 is 0 Å². The number of hydrogen-bond donors (Lipinski definition) is 2. The van der Waals surface area contributed by atoms with Gasteiger partial charge in [-0.2, -0.15) is 0 Å². The first-order chi connectivity index (χ1) is 9.29. The summed E-state index contributed by atoms with van der Waals surface area (Å²) in [4.78, 5) is 6.77. The fourth-order valence-corrected chi connectivity index (χ4v) is 4.41. The van der Waals surface area contributed by atoms with E-state index in [-0.39, 0.29) is 11.1 Å². The van der Waals surface area contributed by atoms with E-state index in [1.165, 1.54) is 12.6 Å². The predicted octanol–water partition coefficient (Wildman–Crippen LogP) is 2.46. The zero-order valence-electron chi connectivity index (χ0n) is 12.7. The Morgan fingerprint density at radius 3 is 2.65 bits per heavy atom. The summed E-state index contributed by atoms with van der Waals surface area (Å²) < 4.78 is 27.7. The maximum absolute atomic E-state index is 12.4. The minimum atomic E-state index is -3.50. The molecule has 3 atom stereocenters. The van der Waals surface area contributed by atoms with Crippen molar-refractivity contribution in [1.82, 2.24) is 14.7 Å². The van der Waals surface area contributed by atoms with Gasteiger partial charge in [-0.05, 0) is 37.5 Å². The van der Waals surface area contributed by atoms with Gasteiger partial charge in [-0.25, -0.2) is 18.1 Å². The lowest BCUT2D eigenvalue weighted by atomic mass is 9.74. The quantitative estimate of drug-likeness (QED) is 0.896. The fraction of sp³-hybridized carbons (Fsp3) is 0.786. The number of aryl methyl sites for hydroxylation is 1. The molecule has 1 aliphatic carbocycles. The Labute approximate surface area is 121 Å². The first-order valence-corrected chi connectivity index (χ1v) is 8.82. The van der Waals surface area contributed by atoms with Crippen LogP contribution in [0.15, 0.2) is 11.2 Å². The highest BCUT2D eigenvalue weighted by atomic mass is 32.2. The third kappa shape index (κ3) is 3.41. The minimum absolute atomic E-state index is 0.0207. The van der Waals surface area contributed by atoms with Gasteiger partial charge < -0.3 is 4.98 Å². The van der Waals surface area contributed by atoms with E-state index in [9.17, 15) is 8.42 Å². The Hall–Kier alpha value is -0.880. The van der Waals surface area contributed by atoms with Gasteiger partial charge in [0.1, 0.15) is 5.82 Å². The summed E-state index contributed by atoms with van der Waals surface area (Å²) in [5.41, 5.74) is 0. The maximum Gasteiger partial charge on any atom is 0.257 e. The molecule has 1 heterocycles. The summed E-state index contributed by atoms with van der Waals surface area (Å²) in [7, 11) is -3.50. The summed E-state index contributed by atoms with van der Waals surface area (Å²) in [5, 5.41) is 0.163. The maximum atomic E-state index is 12.4. The van der Waals surface area contributed by atoms with E-state index < -0.39 is 10.0 Å². The van der Waals surface area contributed by atoms with Gasteiger partial charge in [0, 0.05) is 6.04 Å². The van der Waals surface area contributed by atoms with Crippen molar-refractivity contribution in [2.75, 3.05) is 0 Å². The van der Waals surface area contributed by atoms with E-state index in [0.717, 1.165) is 12.8 Å². The molecule has 20 heavy (non-hydrogen) atoms. The van der Waals surface area contributed by atoms with Crippen molar-refractivity contribution in [3.05, 3.63) is 12.0 Å². The van der Waals surface area contributed by atoms with E-state index in [0.29, 0.717) is 23.6 Å². The number of hydrogen-bond acceptors (Lipinski definition) is 3. The molecule has 114 valence electrons. The monoisotopic (exact) mass is 299 g/mol. The second-order valence-corrected chi connectivity index (χ2v) is 8.07. The molecule has 0 bridgehead atoms. The van der Waals surface area contributed by atoms with Crippen LogP contribution in [-0.4, -0.2) is 24.4 Å². The molecule has 1 aromatic rings. The molecular weight excluding hydrogens is 274 g/mol. The molecule has 0 spiro atoms. The third-order valence-electron chi connectivity index (χ3n) is 4.30. The molecule has 0 aromatic carbocycles. The molecule has 2 rings (SSSR count). The second-order valence-electron chi connectivity index (χ2n) is 6.39. The third-order valence-corrected chi connectivity index (χ3v) is 5.70. The molecule has 1 aromatic heterocycles. The topological polar surface area (TPSA) is 74.8 Å². The van der Waals surface area contributed by atoms with E-state index in [4.69, 9.17) is 0 Å². The smallest absolute Gasteiger partial charge is 0.257 e. The molecule has 1 fully saturated rings. The lowest BCUT2D eigenvalue weighted by molar-refractivity contribution is 0.187. The van der Waals surface area contributed by atoms with E-state index in [1.54, 1.807) is 6.92 Å². The van der Waals surface area contributed by atoms with Crippen LogP contribution in [0.25, 0.3) is 0 Å². The number of H-pyrrole nitrogens is 1. The highest BCUT2D eigenvalue weighted by molar-refractivity contribution is 7.89. The SMILES string of the molecule is Cc1ncc(S(=O)(=O)NC2CC(C)CCC2C(C)C)[nH]1. The molecule has 1 aliphatic rings. The molecule has 0 saturated heterocycles. The summed E-state index contributed by atoms with van der Waals surface area (Å²) >= 11 is 0. The normalized spacial score (nSPS) is 27.9. The Kier molecular flexibility index (Phi) is 4.54. The molecule has 0 amide bonds. The number of rotatable bonds is 4. The van der Waals surface area contributed by atoms with Crippen molar-refractivity contribution >= 4 is 10.0 Å². The lowest BCUT2D eigenvalue weighted by Crippen LogP contribution is -2.45. The van der Waals surface area contributed by atoms with Crippen LogP contribution in [0.5, 0.6) is 0 Å². The van der Waals surface area contributed by atoms with Crippen molar-refractivity contribution in [2.24, 2.45) is 17.8 Å². The van der Waals surface area contributed by atoms with Crippen LogP contribution in [0.3, 0.4) is 0 Å². The first kappa shape index (κ1) is 15.5. The van der Waals surface area contributed by atoms with Crippen LogP contribution in [0.4, 0.5) is 0 Å². The highest BCUT2D eigenvalue weighted by Crippen LogP contribution is 2.34. The zero-order chi connectivity index (χ0) is 14.9. The summed E-state index contributed by atoms with van der Waals surface area (Å²) in [5.74, 6) is 2.08. The van der Waals surface area contributed by atoms with Gasteiger partial charge in [-0.3, -0.25) is 0 Å². The molecule has 3 unspecified atom stereocenters. The Morgan fingerprint density at radius 1 is 1.40 bits per heavy atom. The second kappa shape index (κ2) is 5.85. The Balaban J connectivity index is 2.17. The molecule has 1 saturated carbocycles. The molecule has 6 heteroatoms. The number of aromatic amines is 1. The van der Waals surface area contributed by atoms with Gasteiger partial charge in [0.2, 0.25) is 0 Å². The van der Waals surface area contributed by atoms with Crippen molar-refractivity contribution in [3.8, 4) is 0 Å². The van der Waals surface area contributed by atoms with E-state index >= 15 is 0 Å². The number of sulfonamides is 1. The van der Waals surface area contributed by atoms with Crippen LogP contribution >= 0.6 is 0 Å². The average molecular weight is 299 g/mol. The van der Waals surface area contributed by atoms with Gasteiger partial charge in [0.25, 0.3) is 10.0 Å². The standard InChI is InChI=1S/C14H25N3O2S/c1-9(2)12-6-5-10(3)7-13(12)17-20(18,19)14-8-15-11(4)16-14/h8-10,12-13,17H,5-7H2,1-4H3,(H,15,16). The van der Waals surface area contributed by atoms with Crippen molar-refractivity contribution in [1.29, 1.82) is 0 Å². The summed E-state index contributed by atoms with van der Waals surface area (Å²) in [6.45, 7) is 8.28. The Bertz CT molecular complexity index is 551. The number of nitrogens with zero attached hydrogens (tertiary/aromatic N) is 1. The molecular formula is C14H25N3O2S. The van der Waals surface area contributed by atoms with Crippen LogP contribution in [-0.2, 0) is 10.0 Å². The largest absolute Gasteiger partial charge is 0.332 e. The van der Waals surface area contributed by atoms with Gasteiger partial charge in [-0.15, -0.1) is 0 Å².